The van der Waals surface area contributed by atoms with Gasteiger partial charge in [0.05, 0.1) is 17.5 Å². The Bertz CT molecular complexity index is 1390. The Kier molecular flexibility index (Phi) is 6.15. The first-order valence-electron chi connectivity index (χ1n) is 9.31. The van der Waals surface area contributed by atoms with E-state index in [1.807, 2.05) is 0 Å². The van der Waals surface area contributed by atoms with E-state index in [2.05, 4.69) is 20.4 Å². The molecule has 0 saturated carbocycles. The molecule has 176 valence electrons. The smallest absolute Gasteiger partial charge is 0.434 e. The maximum absolute atomic E-state index is 14.5. The number of aromatic nitrogens is 4. The van der Waals surface area contributed by atoms with Crippen LogP contribution in [0.3, 0.4) is 0 Å². The van der Waals surface area contributed by atoms with Crippen molar-refractivity contribution in [3.63, 3.8) is 0 Å². The molecule has 0 aliphatic heterocycles. The number of anilines is 2. The molecule has 4 rings (SSSR count). The van der Waals surface area contributed by atoms with E-state index in [0.29, 0.717) is 10.4 Å². The topological polar surface area (TPSA) is 108 Å². The molecule has 0 radical (unpaired) electrons. The quantitative estimate of drug-likeness (QED) is 0.343. The number of nitrogen functional groups attached to an aromatic ring is 1. The Morgan fingerprint density at radius 3 is 2.68 bits per heavy atom. The van der Waals surface area contributed by atoms with Gasteiger partial charge in [0.15, 0.2) is 23.0 Å². The van der Waals surface area contributed by atoms with E-state index in [9.17, 15) is 22.4 Å². The Labute approximate surface area is 198 Å². The second-order valence-electron chi connectivity index (χ2n) is 6.80. The molecule has 34 heavy (non-hydrogen) atoms. The second-order valence-corrected chi connectivity index (χ2v) is 8.01. The summed E-state index contributed by atoms with van der Waals surface area (Å²) in [7, 11) is 0. The monoisotopic (exact) mass is 512 g/mol. The van der Waals surface area contributed by atoms with E-state index in [-0.39, 0.29) is 33.2 Å². The molecule has 14 heteroatoms. The minimum absolute atomic E-state index is 0.0163. The van der Waals surface area contributed by atoms with Crippen molar-refractivity contribution in [1.82, 2.24) is 19.7 Å². The average Bonchev–Trinajstić information content (AvgIpc) is 3.39. The van der Waals surface area contributed by atoms with E-state index < -0.39 is 29.2 Å². The summed E-state index contributed by atoms with van der Waals surface area (Å²) in [5, 5.41) is 7.40. The number of pyridine rings is 1. The van der Waals surface area contributed by atoms with Crippen LogP contribution >= 0.6 is 22.9 Å². The van der Waals surface area contributed by atoms with E-state index >= 15 is 0 Å². The van der Waals surface area contributed by atoms with Gasteiger partial charge >= 0.3 is 6.18 Å². The van der Waals surface area contributed by atoms with Crippen molar-refractivity contribution in [3.05, 3.63) is 69.8 Å². The van der Waals surface area contributed by atoms with Crippen molar-refractivity contribution >= 4 is 40.4 Å². The van der Waals surface area contributed by atoms with Crippen molar-refractivity contribution < 1.29 is 27.1 Å². The van der Waals surface area contributed by atoms with Gasteiger partial charge in [0.1, 0.15) is 10.8 Å². The van der Waals surface area contributed by atoms with E-state index in [4.69, 9.17) is 22.1 Å². The molecule has 0 saturated heterocycles. The predicted molar refractivity (Wildman–Crippen MR) is 117 cm³/mol. The molecule has 1 aromatic carbocycles. The van der Waals surface area contributed by atoms with E-state index in [0.717, 1.165) is 23.6 Å². The first-order valence-corrected chi connectivity index (χ1v) is 10.6. The molecule has 0 aliphatic carbocycles. The summed E-state index contributed by atoms with van der Waals surface area (Å²) < 4.78 is 61.7. The number of thiazole rings is 1. The van der Waals surface area contributed by atoms with Crippen LogP contribution in [0.25, 0.3) is 5.13 Å². The lowest BCUT2D eigenvalue weighted by atomic mass is 10.2. The maximum Gasteiger partial charge on any atom is 0.434 e. The lowest BCUT2D eigenvalue weighted by molar-refractivity contribution is -0.143. The number of nitrogens with zero attached hydrogens (tertiary/aromatic N) is 4. The van der Waals surface area contributed by atoms with Crippen LogP contribution in [0.5, 0.6) is 11.5 Å². The van der Waals surface area contributed by atoms with Crippen LogP contribution in [0.1, 0.15) is 21.7 Å². The number of benzene rings is 1. The lowest BCUT2D eigenvalue weighted by Gasteiger charge is -2.12. The zero-order valence-corrected chi connectivity index (χ0v) is 18.6. The third-order valence-electron chi connectivity index (χ3n) is 4.36. The van der Waals surface area contributed by atoms with Gasteiger partial charge in [-0.15, -0.1) is 11.3 Å². The molecule has 0 bridgehead atoms. The van der Waals surface area contributed by atoms with Gasteiger partial charge in [-0.3, -0.25) is 4.79 Å². The highest BCUT2D eigenvalue weighted by atomic mass is 35.5. The molecule has 4 aromatic rings. The van der Waals surface area contributed by atoms with Crippen molar-refractivity contribution in [2.24, 2.45) is 0 Å². The summed E-state index contributed by atoms with van der Waals surface area (Å²) in [6, 6.07) is 4.67. The molecule has 0 spiro atoms. The SMILES string of the molecule is Cc1csc(-n2ncc(C(=O)Nc3ccc(Oc4ccnc(N)c4Cl)c(F)c3)c2C(F)(F)F)n1. The number of carbonyl (C=O) groups is 1. The fourth-order valence-electron chi connectivity index (χ4n) is 2.87. The number of carbonyl (C=O) groups excluding carboxylic acids is 1. The molecule has 3 aromatic heterocycles. The number of nitrogens with two attached hydrogens (primary N) is 1. The van der Waals surface area contributed by atoms with Crippen LogP contribution in [-0.2, 0) is 6.18 Å². The molecule has 0 atom stereocenters. The number of hydrogen-bond acceptors (Lipinski definition) is 7. The number of aryl methyl sites for hydroxylation is 1. The maximum atomic E-state index is 14.5. The average molecular weight is 513 g/mol. The van der Waals surface area contributed by atoms with E-state index in [1.54, 1.807) is 12.3 Å². The van der Waals surface area contributed by atoms with Crippen LogP contribution < -0.4 is 15.8 Å². The Morgan fingerprint density at radius 2 is 2.03 bits per heavy atom. The van der Waals surface area contributed by atoms with Crippen LogP contribution in [0.4, 0.5) is 29.1 Å². The fraction of sp³-hybridized carbons (Fsp3) is 0.100. The van der Waals surface area contributed by atoms with Crippen LogP contribution in [0.2, 0.25) is 5.02 Å². The zero-order valence-electron chi connectivity index (χ0n) is 17.0. The van der Waals surface area contributed by atoms with Gasteiger partial charge in [-0.1, -0.05) is 11.6 Å². The fourth-order valence-corrected chi connectivity index (χ4v) is 3.78. The van der Waals surface area contributed by atoms with Crippen molar-refractivity contribution in [1.29, 1.82) is 0 Å². The van der Waals surface area contributed by atoms with Gasteiger partial charge in [0.25, 0.3) is 5.91 Å². The van der Waals surface area contributed by atoms with Gasteiger partial charge in [-0.25, -0.2) is 19.0 Å². The minimum Gasteiger partial charge on any atom is -0.453 e. The molecular weight excluding hydrogens is 500 g/mol. The third kappa shape index (κ3) is 4.65. The largest absolute Gasteiger partial charge is 0.453 e. The molecule has 3 N–H and O–H groups in total. The highest BCUT2D eigenvalue weighted by Crippen LogP contribution is 2.36. The van der Waals surface area contributed by atoms with Crippen LogP contribution in [0.15, 0.2) is 42.0 Å². The summed E-state index contributed by atoms with van der Waals surface area (Å²) in [5.41, 5.74) is 3.92. The van der Waals surface area contributed by atoms with Crippen LogP contribution in [-0.4, -0.2) is 25.7 Å². The van der Waals surface area contributed by atoms with Crippen molar-refractivity contribution in [2.45, 2.75) is 13.1 Å². The minimum atomic E-state index is -4.91. The molecule has 0 fully saturated rings. The molecule has 1 amide bonds. The number of alkyl halides is 3. The molecular formula is C20H13ClF4N6O2S. The summed E-state index contributed by atoms with van der Waals surface area (Å²) in [6.07, 6.45) is -2.82. The summed E-state index contributed by atoms with van der Waals surface area (Å²) in [5.74, 6) is -2.27. The summed E-state index contributed by atoms with van der Waals surface area (Å²) in [6.45, 7) is 1.61. The number of ether oxygens (including phenoxy) is 1. The summed E-state index contributed by atoms with van der Waals surface area (Å²) >= 11 is 6.91. The van der Waals surface area contributed by atoms with Crippen molar-refractivity contribution in [2.75, 3.05) is 11.1 Å². The lowest BCUT2D eigenvalue weighted by Crippen LogP contribution is -2.20. The number of hydrogen-bond donors (Lipinski definition) is 2. The molecule has 3 heterocycles. The molecule has 0 aliphatic rings. The first-order chi connectivity index (χ1) is 16.0. The Hall–Kier alpha value is -3.71. The Morgan fingerprint density at radius 1 is 1.26 bits per heavy atom. The highest BCUT2D eigenvalue weighted by Gasteiger charge is 2.41. The van der Waals surface area contributed by atoms with Crippen molar-refractivity contribution in [3.8, 4) is 16.6 Å². The standard InChI is InChI=1S/C20H13ClF4N6O2S/c1-9-8-34-19(29-9)31-16(20(23,24)25)11(7-28-31)18(32)30-10-2-3-13(12(22)6-10)33-14-4-5-27-17(26)15(14)21/h2-8H,1H3,(H2,26,27)(H,30,32). The van der Waals surface area contributed by atoms with Gasteiger partial charge in [-0.05, 0) is 19.1 Å². The number of rotatable bonds is 5. The second kappa shape index (κ2) is 8.91. The number of halogens is 5. The van der Waals surface area contributed by atoms with Crippen LogP contribution in [0, 0.1) is 12.7 Å². The van der Waals surface area contributed by atoms with Gasteiger partial charge < -0.3 is 15.8 Å². The van der Waals surface area contributed by atoms with Gasteiger partial charge in [-0.2, -0.15) is 18.3 Å². The van der Waals surface area contributed by atoms with Gasteiger partial charge in [0, 0.05) is 29.4 Å². The van der Waals surface area contributed by atoms with Gasteiger partial charge in [0.2, 0.25) is 5.13 Å². The van der Waals surface area contributed by atoms with E-state index in [1.165, 1.54) is 24.4 Å². The zero-order chi connectivity index (χ0) is 24.6. The predicted octanol–water partition coefficient (Wildman–Crippen LogP) is 5.47. The Balaban J connectivity index is 1.59. The summed E-state index contributed by atoms with van der Waals surface area (Å²) in [4.78, 5) is 20.4. The highest BCUT2D eigenvalue weighted by molar-refractivity contribution is 7.12. The molecule has 8 nitrogen and oxygen atoms in total. The number of nitrogens with one attached hydrogen (secondary N) is 1. The first kappa shape index (κ1) is 23.4. The number of amides is 1. The third-order valence-corrected chi connectivity index (χ3v) is 5.67. The normalized spacial score (nSPS) is 11.5. The molecule has 0 unspecified atom stereocenters.